The van der Waals surface area contributed by atoms with Crippen molar-refractivity contribution in [2.75, 3.05) is 7.05 Å². The average molecular weight is 235 g/mol. The van der Waals surface area contributed by atoms with Crippen molar-refractivity contribution < 1.29 is 13.5 Å². The van der Waals surface area contributed by atoms with Gasteiger partial charge in [-0.05, 0) is 37.4 Å². The molecule has 0 aliphatic carbocycles. The SMILES string of the molecule is CNCc1occc1COc1ccc(F)cc1. The van der Waals surface area contributed by atoms with Gasteiger partial charge >= 0.3 is 0 Å². The second-order valence-electron chi connectivity index (χ2n) is 3.64. The third-order valence-electron chi connectivity index (χ3n) is 2.38. The number of ether oxygens (including phenoxy) is 1. The summed E-state index contributed by atoms with van der Waals surface area (Å²) in [4.78, 5) is 0. The van der Waals surface area contributed by atoms with E-state index in [-0.39, 0.29) is 5.82 Å². The zero-order valence-corrected chi connectivity index (χ0v) is 9.57. The summed E-state index contributed by atoms with van der Waals surface area (Å²) in [6.45, 7) is 1.08. The van der Waals surface area contributed by atoms with Crippen LogP contribution in [0.15, 0.2) is 41.0 Å². The Morgan fingerprint density at radius 3 is 2.71 bits per heavy atom. The summed E-state index contributed by atoms with van der Waals surface area (Å²) in [7, 11) is 1.85. The van der Waals surface area contributed by atoms with E-state index in [2.05, 4.69) is 5.32 Å². The van der Waals surface area contributed by atoms with E-state index in [1.165, 1.54) is 12.1 Å². The van der Waals surface area contributed by atoms with Crippen LogP contribution in [0.2, 0.25) is 0 Å². The minimum absolute atomic E-state index is 0.267. The lowest BCUT2D eigenvalue weighted by atomic mass is 10.2. The molecule has 0 radical (unpaired) electrons. The molecule has 0 spiro atoms. The van der Waals surface area contributed by atoms with Crippen molar-refractivity contribution in [1.82, 2.24) is 5.32 Å². The predicted octanol–water partition coefficient (Wildman–Crippen LogP) is 2.72. The normalized spacial score (nSPS) is 10.5. The van der Waals surface area contributed by atoms with Crippen molar-refractivity contribution in [3.05, 3.63) is 53.7 Å². The molecular formula is C13H14FNO2. The number of hydrogen-bond acceptors (Lipinski definition) is 3. The van der Waals surface area contributed by atoms with Gasteiger partial charge in [0, 0.05) is 5.56 Å². The van der Waals surface area contributed by atoms with Crippen LogP contribution in [0.1, 0.15) is 11.3 Å². The molecule has 0 unspecified atom stereocenters. The number of rotatable bonds is 5. The third kappa shape index (κ3) is 3.07. The largest absolute Gasteiger partial charge is 0.489 e. The number of hydrogen-bond donors (Lipinski definition) is 1. The molecule has 0 fully saturated rings. The van der Waals surface area contributed by atoms with E-state index in [1.807, 2.05) is 13.1 Å². The van der Waals surface area contributed by atoms with Crippen LogP contribution in [0, 0.1) is 5.82 Å². The maximum absolute atomic E-state index is 12.7. The molecule has 17 heavy (non-hydrogen) atoms. The highest BCUT2D eigenvalue weighted by atomic mass is 19.1. The number of nitrogens with one attached hydrogen (secondary N) is 1. The molecule has 0 saturated heterocycles. The Morgan fingerprint density at radius 2 is 2.00 bits per heavy atom. The van der Waals surface area contributed by atoms with Crippen LogP contribution in [-0.4, -0.2) is 7.05 Å². The Bertz CT molecular complexity index is 465. The standard InChI is InChI=1S/C13H14FNO2/c1-15-8-13-10(6-7-16-13)9-17-12-4-2-11(14)3-5-12/h2-7,15H,8-9H2,1H3. The topological polar surface area (TPSA) is 34.4 Å². The van der Waals surface area contributed by atoms with E-state index in [9.17, 15) is 4.39 Å². The van der Waals surface area contributed by atoms with Gasteiger partial charge in [-0.3, -0.25) is 0 Å². The fourth-order valence-electron chi connectivity index (χ4n) is 1.50. The van der Waals surface area contributed by atoms with Crippen LogP contribution >= 0.6 is 0 Å². The maximum Gasteiger partial charge on any atom is 0.124 e. The van der Waals surface area contributed by atoms with E-state index in [0.29, 0.717) is 18.9 Å². The Labute approximate surface area is 99.2 Å². The molecule has 1 N–H and O–H groups in total. The van der Waals surface area contributed by atoms with Crippen molar-refractivity contribution in [3.8, 4) is 5.75 Å². The molecule has 0 atom stereocenters. The highest BCUT2D eigenvalue weighted by Gasteiger charge is 2.06. The molecule has 0 amide bonds. The summed E-state index contributed by atoms with van der Waals surface area (Å²) >= 11 is 0. The van der Waals surface area contributed by atoms with Crippen LogP contribution in [-0.2, 0) is 13.2 Å². The van der Waals surface area contributed by atoms with Crippen LogP contribution in [0.25, 0.3) is 0 Å². The van der Waals surface area contributed by atoms with E-state index in [4.69, 9.17) is 9.15 Å². The van der Waals surface area contributed by atoms with Crippen LogP contribution in [0.3, 0.4) is 0 Å². The molecule has 3 nitrogen and oxygen atoms in total. The van der Waals surface area contributed by atoms with Gasteiger partial charge in [-0.25, -0.2) is 4.39 Å². The van der Waals surface area contributed by atoms with E-state index in [0.717, 1.165) is 11.3 Å². The molecule has 1 heterocycles. The molecule has 1 aromatic carbocycles. The lowest BCUT2D eigenvalue weighted by Gasteiger charge is -2.06. The van der Waals surface area contributed by atoms with Gasteiger partial charge < -0.3 is 14.5 Å². The highest BCUT2D eigenvalue weighted by molar-refractivity contribution is 5.23. The van der Waals surface area contributed by atoms with Gasteiger partial charge in [0.15, 0.2) is 0 Å². The van der Waals surface area contributed by atoms with Crippen LogP contribution in [0.4, 0.5) is 4.39 Å². The first kappa shape index (κ1) is 11.7. The predicted molar refractivity (Wildman–Crippen MR) is 62.2 cm³/mol. The van der Waals surface area contributed by atoms with Gasteiger partial charge in [0.2, 0.25) is 0 Å². The van der Waals surface area contributed by atoms with Gasteiger partial charge in [-0.15, -0.1) is 0 Å². The molecule has 90 valence electrons. The molecule has 0 saturated carbocycles. The summed E-state index contributed by atoms with van der Waals surface area (Å²) in [5.41, 5.74) is 0.990. The minimum Gasteiger partial charge on any atom is -0.489 e. The Morgan fingerprint density at radius 1 is 1.24 bits per heavy atom. The van der Waals surface area contributed by atoms with Gasteiger partial charge in [0.1, 0.15) is 23.9 Å². The van der Waals surface area contributed by atoms with Gasteiger partial charge in [-0.1, -0.05) is 0 Å². The number of furan rings is 1. The number of benzene rings is 1. The second-order valence-corrected chi connectivity index (χ2v) is 3.64. The number of halogens is 1. The lowest BCUT2D eigenvalue weighted by molar-refractivity contribution is 0.301. The van der Waals surface area contributed by atoms with E-state index in [1.54, 1.807) is 18.4 Å². The molecular weight excluding hydrogens is 221 g/mol. The Hall–Kier alpha value is -1.81. The van der Waals surface area contributed by atoms with Crippen molar-refractivity contribution >= 4 is 0 Å². The molecule has 1 aromatic heterocycles. The Balaban J connectivity index is 1.97. The summed E-state index contributed by atoms with van der Waals surface area (Å²) in [6, 6.07) is 7.83. The first-order valence-electron chi connectivity index (χ1n) is 5.38. The molecule has 0 bridgehead atoms. The summed E-state index contributed by atoms with van der Waals surface area (Å²) in [6.07, 6.45) is 1.63. The quantitative estimate of drug-likeness (QED) is 0.865. The van der Waals surface area contributed by atoms with E-state index < -0.39 is 0 Å². The van der Waals surface area contributed by atoms with E-state index >= 15 is 0 Å². The first-order chi connectivity index (χ1) is 8.29. The monoisotopic (exact) mass is 235 g/mol. The molecule has 0 aliphatic heterocycles. The first-order valence-corrected chi connectivity index (χ1v) is 5.38. The smallest absolute Gasteiger partial charge is 0.124 e. The van der Waals surface area contributed by atoms with Gasteiger partial charge in [0.05, 0.1) is 12.8 Å². The van der Waals surface area contributed by atoms with Gasteiger partial charge in [0.25, 0.3) is 0 Å². The van der Waals surface area contributed by atoms with Crippen molar-refractivity contribution in [2.45, 2.75) is 13.2 Å². The average Bonchev–Trinajstić information content (AvgIpc) is 2.77. The summed E-state index contributed by atoms with van der Waals surface area (Å²) < 4.78 is 23.5. The second kappa shape index (κ2) is 5.50. The van der Waals surface area contributed by atoms with Crippen LogP contribution < -0.4 is 10.1 Å². The van der Waals surface area contributed by atoms with Crippen LogP contribution in [0.5, 0.6) is 5.75 Å². The fraction of sp³-hybridized carbons (Fsp3) is 0.231. The molecule has 0 aliphatic rings. The zero-order valence-electron chi connectivity index (χ0n) is 9.57. The minimum atomic E-state index is -0.267. The highest BCUT2D eigenvalue weighted by Crippen LogP contribution is 2.16. The maximum atomic E-state index is 12.7. The fourth-order valence-corrected chi connectivity index (χ4v) is 1.50. The summed E-state index contributed by atoms with van der Waals surface area (Å²) in [5, 5.41) is 3.02. The van der Waals surface area contributed by atoms with Crippen molar-refractivity contribution in [2.24, 2.45) is 0 Å². The third-order valence-corrected chi connectivity index (χ3v) is 2.38. The summed E-state index contributed by atoms with van der Waals surface area (Å²) in [5.74, 6) is 1.23. The molecule has 2 rings (SSSR count). The zero-order chi connectivity index (χ0) is 12.1. The Kier molecular flexibility index (Phi) is 3.77. The van der Waals surface area contributed by atoms with Crippen molar-refractivity contribution in [1.29, 1.82) is 0 Å². The van der Waals surface area contributed by atoms with Crippen molar-refractivity contribution in [3.63, 3.8) is 0 Å². The molecule has 4 heteroatoms. The molecule has 2 aromatic rings. The lowest BCUT2D eigenvalue weighted by Crippen LogP contribution is -2.07. The van der Waals surface area contributed by atoms with Gasteiger partial charge in [-0.2, -0.15) is 0 Å².